The average molecular weight is 314 g/mol. The molecule has 5 nitrogen and oxygen atoms in total. The Bertz CT molecular complexity index is 759. The Morgan fingerprint density at radius 1 is 1.50 bits per heavy atom. The maximum atomic E-state index is 5.39. The Kier molecular flexibility index (Phi) is 3.56. The van der Waals surface area contributed by atoms with E-state index >= 15 is 0 Å². The summed E-state index contributed by atoms with van der Waals surface area (Å²) in [5.41, 5.74) is 3.76. The lowest BCUT2D eigenvalue weighted by atomic mass is 9.93. The van der Waals surface area contributed by atoms with Gasteiger partial charge in [-0.1, -0.05) is 0 Å². The topological polar surface area (TPSA) is 55.9 Å². The van der Waals surface area contributed by atoms with Crippen LogP contribution in [0.4, 0.5) is 0 Å². The third-order valence-corrected chi connectivity index (χ3v) is 5.09. The van der Waals surface area contributed by atoms with Crippen LogP contribution in [0.25, 0.3) is 10.8 Å². The molecule has 1 atom stereocenters. The second-order valence-electron chi connectivity index (χ2n) is 5.62. The summed E-state index contributed by atoms with van der Waals surface area (Å²) in [4.78, 5) is 4.64. The molecule has 114 valence electrons. The first kappa shape index (κ1) is 13.7. The highest BCUT2D eigenvalue weighted by Crippen LogP contribution is 2.30. The smallest absolute Gasteiger partial charge is 0.162 e. The van der Waals surface area contributed by atoms with Crippen molar-refractivity contribution in [3.05, 3.63) is 46.9 Å². The molecule has 1 aliphatic carbocycles. The fourth-order valence-corrected chi connectivity index (χ4v) is 3.83. The minimum absolute atomic E-state index is 0.381. The van der Waals surface area contributed by atoms with Gasteiger partial charge in [0.05, 0.1) is 18.2 Å². The van der Waals surface area contributed by atoms with E-state index in [0.29, 0.717) is 6.04 Å². The highest BCUT2D eigenvalue weighted by Gasteiger charge is 2.23. The predicted molar refractivity (Wildman–Crippen MR) is 85.5 cm³/mol. The van der Waals surface area contributed by atoms with E-state index in [4.69, 9.17) is 4.42 Å². The van der Waals surface area contributed by atoms with Crippen molar-refractivity contribution in [3.8, 4) is 10.8 Å². The third kappa shape index (κ3) is 2.48. The summed E-state index contributed by atoms with van der Waals surface area (Å²) >= 11 is 1.62. The summed E-state index contributed by atoms with van der Waals surface area (Å²) in [7, 11) is 2.03. The number of fused-ring (bicyclic) bond motifs is 1. The van der Waals surface area contributed by atoms with E-state index in [0.717, 1.165) is 35.8 Å². The fraction of sp³-hybridized carbons (Fsp3) is 0.375. The SMILES string of the molecule is Cn1ncc2c1CCCC2NCc1csc(-c2ccco2)n1. The molecule has 4 rings (SSSR count). The van der Waals surface area contributed by atoms with Gasteiger partial charge in [0.15, 0.2) is 10.8 Å². The monoisotopic (exact) mass is 314 g/mol. The second kappa shape index (κ2) is 5.70. The molecule has 0 amide bonds. The lowest BCUT2D eigenvalue weighted by molar-refractivity contribution is 0.450. The number of hydrogen-bond acceptors (Lipinski definition) is 5. The molecule has 1 unspecified atom stereocenters. The minimum atomic E-state index is 0.381. The Morgan fingerprint density at radius 2 is 2.45 bits per heavy atom. The molecule has 0 saturated heterocycles. The van der Waals surface area contributed by atoms with Gasteiger partial charge in [0, 0.05) is 36.3 Å². The van der Waals surface area contributed by atoms with Gasteiger partial charge in [0.2, 0.25) is 0 Å². The van der Waals surface area contributed by atoms with E-state index in [9.17, 15) is 0 Å². The Balaban J connectivity index is 1.45. The zero-order valence-corrected chi connectivity index (χ0v) is 13.3. The first-order chi connectivity index (χ1) is 10.8. The van der Waals surface area contributed by atoms with Crippen LogP contribution < -0.4 is 5.32 Å². The molecule has 0 radical (unpaired) electrons. The van der Waals surface area contributed by atoms with Gasteiger partial charge in [-0.25, -0.2) is 4.98 Å². The summed E-state index contributed by atoms with van der Waals surface area (Å²) < 4.78 is 7.39. The number of nitrogens with zero attached hydrogens (tertiary/aromatic N) is 3. The number of thiazole rings is 1. The quantitative estimate of drug-likeness (QED) is 0.803. The van der Waals surface area contributed by atoms with Gasteiger partial charge in [-0.05, 0) is 31.4 Å². The molecule has 0 fully saturated rings. The van der Waals surface area contributed by atoms with Gasteiger partial charge in [-0.2, -0.15) is 5.10 Å². The van der Waals surface area contributed by atoms with Crippen LogP contribution in [-0.2, 0) is 20.0 Å². The highest BCUT2D eigenvalue weighted by atomic mass is 32.1. The number of rotatable bonds is 4. The number of aryl methyl sites for hydroxylation is 1. The molecule has 0 spiro atoms. The van der Waals surface area contributed by atoms with E-state index in [1.807, 2.05) is 30.1 Å². The molecule has 3 aromatic rings. The first-order valence-corrected chi connectivity index (χ1v) is 8.41. The van der Waals surface area contributed by atoms with Crippen molar-refractivity contribution in [2.45, 2.75) is 31.8 Å². The van der Waals surface area contributed by atoms with Crippen LogP contribution in [0.15, 0.2) is 34.4 Å². The first-order valence-electron chi connectivity index (χ1n) is 7.53. The van der Waals surface area contributed by atoms with Crippen LogP contribution in [0.5, 0.6) is 0 Å². The van der Waals surface area contributed by atoms with Gasteiger partial charge in [0.1, 0.15) is 0 Å². The van der Waals surface area contributed by atoms with Crippen LogP contribution in [0, 0.1) is 0 Å². The summed E-state index contributed by atoms with van der Waals surface area (Å²) in [6, 6.07) is 4.21. The van der Waals surface area contributed by atoms with Crippen molar-refractivity contribution in [1.29, 1.82) is 0 Å². The summed E-state index contributed by atoms with van der Waals surface area (Å²) in [6.45, 7) is 0.774. The van der Waals surface area contributed by atoms with Gasteiger partial charge in [0.25, 0.3) is 0 Å². The summed E-state index contributed by atoms with van der Waals surface area (Å²) in [5.74, 6) is 0.837. The summed E-state index contributed by atoms with van der Waals surface area (Å²) in [6.07, 6.45) is 7.18. The fourth-order valence-electron chi connectivity index (χ4n) is 3.05. The number of aromatic nitrogens is 3. The molecule has 3 aromatic heterocycles. The Labute approximate surface area is 133 Å². The van der Waals surface area contributed by atoms with Crippen LogP contribution in [0.2, 0.25) is 0 Å². The molecule has 0 aliphatic heterocycles. The van der Waals surface area contributed by atoms with Crippen molar-refractivity contribution in [2.24, 2.45) is 7.05 Å². The van der Waals surface area contributed by atoms with Crippen LogP contribution in [-0.4, -0.2) is 14.8 Å². The third-order valence-electron chi connectivity index (χ3n) is 4.19. The molecular weight excluding hydrogens is 296 g/mol. The van der Waals surface area contributed by atoms with Crippen LogP contribution in [0.1, 0.15) is 35.8 Å². The Hall–Kier alpha value is -1.92. The number of nitrogens with one attached hydrogen (secondary N) is 1. The van der Waals surface area contributed by atoms with Gasteiger partial charge < -0.3 is 9.73 Å². The van der Waals surface area contributed by atoms with E-state index in [1.165, 1.54) is 17.7 Å². The van der Waals surface area contributed by atoms with Gasteiger partial charge in [-0.3, -0.25) is 4.68 Å². The highest BCUT2D eigenvalue weighted by molar-refractivity contribution is 7.13. The van der Waals surface area contributed by atoms with Crippen molar-refractivity contribution in [2.75, 3.05) is 0 Å². The van der Waals surface area contributed by atoms with Crippen LogP contribution >= 0.6 is 11.3 Å². The van der Waals surface area contributed by atoms with Crippen LogP contribution in [0.3, 0.4) is 0 Å². The maximum Gasteiger partial charge on any atom is 0.162 e. The molecule has 22 heavy (non-hydrogen) atoms. The zero-order chi connectivity index (χ0) is 14.9. The average Bonchev–Trinajstić information content (AvgIpc) is 3.26. The van der Waals surface area contributed by atoms with Crippen molar-refractivity contribution in [1.82, 2.24) is 20.1 Å². The molecule has 1 N–H and O–H groups in total. The Morgan fingerprint density at radius 3 is 3.32 bits per heavy atom. The largest absolute Gasteiger partial charge is 0.462 e. The standard InChI is InChI=1S/C16H18N4OS/c1-20-14-5-2-4-13(12(14)9-18-20)17-8-11-10-22-16(19-11)15-6-3-7-21-15/h3,6-7,9-10,13,17H,2,4-5,8H2,1H3. The minimum Gasteiger partial charge on any atom is -0.462 e. The predicted octanol–water partition coefficient (Wildman–Crippen LogP) is 3.30. The van der Waals surface area contributed by atoms with E-state index < -0.39 is 0 Å². The normalized spacial score (nSPS) is 17.6. The molecule has 0 bridgehead atoms. The van der Waals surface area contributed by atoms with Crippen molar-refractivity contribution < 1.29 is 4.42 Å². The van der Waals surface area contributed by atoms with E-state index in [2.05, 4.69) is 20.8 Å². The lowest BCUT2D eigenvalue weighted by Gasteiger charge is -2.23. The zero-order valence-electron chi connectivity index (χ0n) is 12.5. The number of furan rings is 1. The van der Waals surface area contributed by atoms with Gasteiger partial charge >= 0.3 is 0 Å². The van der Waals surface area contributed by atoms with Gasteiger partial charge in [-0.15, -0.1) is 11.3 Å². The maximum absolute atomic E-state index is 5.39. The molecule has 0 aromatic carbocycles. The molecule has 1 aliphatic rings. The summed E-state index contributed by atoms with van der Waals surface area (Å²) in [5, 5.41) is 11.1. The molecular formula is C16H18N4OS. The number of hydrogen-bond donors (Lipinski definition) is 1. The molecule has 6 heteroatoms. The second-order valence-corrected chi connectivity index (χ2v) is 6.48. The molecule has 3 heterocycles. The van der Waals surface area contributed by atoms with Crippen molar-refractivity contribution >= 4 is 11.3 Å². The molecule has 0 saturated carbocycles. The van der Waals surface area contributed by atoms with E-state index in [1.54, 1.807) is 17.6 Å². The van der Waals surface area contributed by atoms with E-state index in [-0.39, 0.29) is 0 Å². The lowest BCUT2D eigenvalue weighted by Crippen LogP contribution is -2.25. The van der Waals surface area contributed by atoms with Crippen molar-refractivity contribution in [3.63, 3.8) is 0 Å².